The van der Waals surface area contributed by atoms with E-state index >= 15 is 0 Å². The molecule has 1 amide bonds. The van der Waals surface area contributed by atoms with Gasteiger partial charge in [0.25, 0.3) is 5.91 Å². The van der Waals surface area contributed by atoms with Crippen LogP contribution in [0.3, 0.4) is 0 Å². The molecular formula is C18H25N5O2. The molecule has 1 saturated heterocycles. The zero-order valence-electron chi connectivity index (χ0n) is 14.8. The normalized spacial score (nSPS) is 16.6. The van der Waals surface area contributed by atoms with E-state index in [2.05, 4.69) is 32.3 Å². The number of nitrogens with one attached hydrogen (secondary N) is 2. The van der Waals surface area contributed by atoms with Gasteiger partial charge in [-0.3, -0.25) is 14.8 Å². The maximum Gasteiger partial charge on any atom is 0.251 e. The van der Waals surface area contributed by atoms with Gasteiger partial charge in [0, 0.05) is 37.3 Å². The molecule has 2 N–H and O–H groups in total. The lowest BCUT2D eigenvalue weighted by molar-refractivity contribution is 0.0317. The molecule has 0 bridgehead atoms. The number of carbonyl (C=O) groups excluding carboxylic acids is 1. The lowest BCUT2D eigenvalue weighted by atomic mass is 10.1. The van der Waals surface area contributed by atoms with Crippen molar-refractivity contribution in [3.8, 4) is 11.4 Å². The highest BCUT2D eigenvalue weighted by atomic mass is 16.5. The number of hydrogen-bond acceptors (Lipinski definition) is 5. The third kappa shape index (κ3) is 4.87. The van der Waals surface area contributed by atoms with E-state index < -0.39 is 0 Å². The molecule has 1 atom stereocenters. The standard InChI is InChI=1S/C18H25N5O2/c1-13(12-23-7-9-25-10-8-23)11-19-18(24)16-5-3-15(4-6-16)17-20-14(2)21-22-17/h3-6,13H,7-12H2,1-2H3,(H,19,24)(H,20,21,22). The van der Waals surface area contributed by atoms with E-state index in [1.54, 1.807) is 0 Å². The smallest absolute Gasteiger partial charge is 0.251 e. The van der Waals surface area contributed by atoms with Gasteiger partial charge in [-0.25, -0.2) is 4.98 Å². The number of morpholine rings is 1. The van der Waals surface area contributed by atoms with Crippen LogP contribution in [0.2, 0.25) is 0 Å². The first-order valence-electron chi connectivity index (χ1n) is 8.69. The van der Waals surface area contributed by atoms with E-state index in [4.69, 9.17) is 4.74 Å². The van der Waals surface area contributed by atoms with Crippen molar-refractivity contribution in [1.29, 1.82) is 0 Å². The molecule has 1 fully saturated rings. The molecule has 2 heterocycles. The second-order valence-corrected chi connectivity index (χ2v) is 6.55. The number of ether oxygens (including phenoxy) is 1. The van der Waals surface area contributed by atoms with E-state index in [9.17, 15) is 4.79 Å². The average Bonchev–Trinajstić information content (AvgIpc) is 3.07. The minimum Gasteiger partial charge on any atom is -0.379 e. The van der Waals surface area contributed by atoms with E-state index in [0.717, 1.165) is 44.2 Å². The van der Waals surface area contributed by atoms with Gasteiger partial charge in [-0.05, 0) is 25.0 Å². The van der Waals surface area contributed by atoms with Crippen molar-refractivity contribution in [2.75, 3.05) is 39.4 Å². The lowest BCUT2D eigenvalue weighted by Gasteiger charge is -2.29. The molecule has 134 valence electrons. The summed E-state index contributed by atoms with van der Waals surface area (Å²) >= 11 is 0. The summed E-state index contributed by atoms with van der Waals surface area (Å²) in [6, 6.07) is 7.36. The number of amides is 1. The number of carbonyl (C=O) groups is 1. The van der Waals surface area contributed by atoms with Gasteiger partial charge in [0.15, 0.2) is 5.82 Å². The van der Waals surface area contributed by atoms with Crippen LogP contribution in [0.5, 0.6) is 0 Å². The molecule has 3 rings (SSSR count). The zero-order chi connectivity index (χ0) is 17.6. The van der Waals surface area contributed by atoms with Crippen molar-refractivity contribution >= 4 is 5.91 Å². The van der Waals surface area contributed by atoms with Gasteiger partial charge >= 0.3 is 0 Å². The summed E-state index contributed by atoms with van der Waals surface area (Å²) < 4.78 is 5.36. The number of nitrogens with zero attached hydrogens (tertiary/aromatic N) is 3. The quantitative estimate of drug-likeness (QED) is 0.830. The van der Waals surface area contributed by atoms with Crippen LogP contribution in [0.15, 0.2) is 24.3 Å². The molecule has 0 radical (unpaired) electrons. The molecule has 1 aromatic heterocycles. The maximum atomic E-state index is 12.3. The highest BCUT2D eigenvalue weighted by molar-refractivity contribution is 5.94. The number of aryl methyl sites for hydroxylation is 1. The van der Waals surface area contributed by atoms with Crippen molar-refractivity contribution in [3.63, 3.8) is 0 Å². The molecule has 25 heavy (non-hydrogen) atoms. The molecule has 2 aromatic rings. The Kier molecular flexibility index (Phi) is 5.78. The van der Waals surface area contributed by atoms with Gasteiger partial charge in [0.2, 0.25) is 0 Å². The van der Waals surface area contributed by atoms with Crippen LogP contribution in [0, 0.1) is 12.8 Å². The Morgan fingerprint density at radius 2 is 2.04 bits per heavy atom. The predicted octanol–water partition coefficient (Wildman–Crippen LogP) is 1.48. The fraction of sp³-hybridized carbons (Fsp3) is 0.500. The number of benzene rings is 1. The van der Waals surface area contributed by atoms with Gasteiger partial charge in [0.1, 0.15) is 5.82 Å². The average molecular weight is 343 g/mol. The minimum absolute atomic E-state index is 0.0495. The second-order valence-electron chi connectivity index (χ2n) is 6.55. The van der Waals surface area contributed by atoms with Crippen LogP contribution >= 0.6 is 0 Å². The van der Waals surface area contributed by atoms with E-state index in [1.807, 2.05) is 31.2 Å². The number of hydrogen-bond donors (Lipinski definition) is 2. The lowest BCUT2D eigenvalue weighted by Crippen LogP contribution is -2.41. The summed E-state index contributed by atoms with van der Waals surface area (Å²) in [6.45, 7) is 9.21. The van der Waals surface area contributed by atoms with Gasteiger partial charge < -0.3 is 10.1 Å². The largest absolute Gasteiger partial charge is 0.379 e. The monoisotopic (exact) mass is 343 g/mol. The molecule has 7 nitrogen and oxygen atoms in total. The Hall–Kier alpha value is -2.25. The van der Waals surface area contributed by atoms with Gasteiger partial charge in [-0.15, -0.1) is 0 Å². The molecule has 0 saturated carbocycles. The number of aromatic amines is 1. The molecule has 1 aliphatic rings. The van der Waals surface area contributed by atoms with Crippen LogP contribution in [-0.2, 0) is 4.74 Å². The van der Waals surface area contributed by atoms with Crippen LogP contribution in [-0.4, -0.2) is 65.4 Å². The Morgan fingerprint density at radius 3 is 2.68 bits per heavy atom. The van der Waals surface area contributed by atoms with Gasteiger partial charge in [0.05, 0.1) is 13.2 Å². The summed E-state index contributed by atoms with van der Waals surface area (Å²) in [4.78, 5) is 19.0. The Labute approximate surface area is 147 Å². The fourth-order valence-electron chi connectivity index (χ4n) is 2.90. The topological polar surface area (TPSA) is 83.1 Å². The molecule has 7 heteroatoms. The third-order valence-corrected chi connectivity index (χ3v) is 4.29. The Morgan fingerprint density at radius 1 is 1.32 bits per heavy atom. The van der Waals surface area contributed by atoms with Crippen LogP contribution < -0.4 is 5.32 Å². The van der Waals surface area contributed by atoms with E-state index in [1.165, 1.54) is 0 Å². The summed E-state index contributed by atoms with van der Waals surface area (Å²) in [5.41, 5.74) is 1.54. The number of H-pyrrole nitrogens is 1. The molecule has 1 aliphatic heterocycles. The fourth-order valence-corrected chi connectivity index (χ4v) is 2.90. The Bertz CT molecular complexity index is 692. The van der Waals surface area contributed by atoms with Crippen LogP contribution in [0.4, 0.5) is 0 Å². The van der Waals surface area contributed by atoms with Crippen LogP contribution in [0.1, 0.15) is 23.1 Å². The zero-order valence-corrected chi connectivity index (χ0v) is 14.8. The van der Waals surface area contributed by atoms with Gasteiger partial charge in [-0.1, -0.05) is 19.1 Å². The van der Waals surface area contributed by atoms with Crippen molar-refractivity contribution in [2.45, 2.75) is 13.8 Å². The van der Waals surface area contributed by atoms with Crippen molar-refractivity contribution < 1.29 is 9.53 Å². The predicted molar refractivity (Wildman–Crippen MR) is 95.3 cm³/mol. The highest BCUT2D eigenvalue weighted by Crippen LogP contribution is 2.15. The molecule has 1 aromatic carbocycles. The first kappa shape index (κ1) is 17.6. The molecule has 0 spiro atoms. The number of aromatic nitrogens is 3. The molecular weight excluding hydrogens is 318 g/mol. The molecule has 0 aliphatic carbocycles. The van der Waals surface area contributed by atoms with Crippen LogP contribution in [0.25, 0.3) is 11.4 Å². The second kappa shape index (κ2) is 8.22. The van der Waals surface area contributed by atoms with E-state index in [-0.39, 0.29) is 5.91 Å². The van der Waals surface area contributed by atoms with E-state index in [0.29, 0.717) is 23.9 Å². The van der Waals surface area contributed by atoms with Crippen molar-refractivity contribution in [1.82, 2.24) is 25.4 Å². The summed E-state index contributed by atoms with van der Waals surface area (Å²) in [6.07, 6.45) is 0. The van der Waals surface area contributed by atoms with Crippen molar-refractivity contribution in [3.05, 3.63) is 35.7 Å². The minimum atomic E-state index is -0.0495. The van der Waals surface area contributed by atoms with Crippen molar-refractivity contribution in [2.24, 2.45) is 5.92 Å². The first-order chi connectivity index (χ1) is 12.1. The first-order valence-corrected chi connectivity index (χ1v) is 8.69. The Balaban J connectivity index is 1.49. The maximum absolute atomic E-state index is 12.3. The van der Waals surface area contributed by atoms with Gasteiger partial charge in [-0.2, -0.15) is 5.10 Å². The highest BCUT2D eigenvalue weighted by Gasteiger charge is 2.15. The summed E-state index contributed by atoms with van der Waals surface area (Å²) in [5, 5.41) is 9.96. The summed E-state index contributed by atoms with van der Waals surface area (Å²) in [5.74, 6) is 1.76. The SMILES string of the molecule is Cc1nc(-c2ccc(C(=O)NCC(C)CN3CCOCC3)cc2)n[nH]1. The number of rotatable bonds is 6. The molecule has 1 unspecified atom stereocenters. The summed E-state index contributed by atoms with van der Waals surface area (Å²) in [7, 11) is 0. The third-order valence-electron chi connectivity index (χ3n) is 4.29.